The predicted molar refractivity (Wildman–Crippen MR) is 135 cm³/mol. The molecule has 1 aliphatic heterocycles. The maximum Gasteiger partial charge on any atom is 0.268 e. The molecule has 1 fully saturated rings. The molecule has 37 heavy (non-hydrogen) atoms. The quantitative estimate of drug-likeness (QED) is 0.396. The number of morpholine rings is 1. The molecule has 0 spiro atoms. The van der Waals surface area contributed by atoms with Crippen molar-refractivity contribution in [3.63, 3.8) is 0 Å². The molecule has 0 aliphatic carbocycles. The number of thiazole rings is 1. The SMILES string of the molecule is Cc1nc2scc(CC(=O)NCCN3CCOCC3)n2c(=O)c1-c1cc(C)n(-c2cc(F)ccc2F)n1. The monoisotopic (exact) mass is 528 g/mol. The smallest absolute Gasteiger partial charge is 0.268 e. The summed E-state index contributed by atoms with van der Waals surface area (Å²) in [4.78, 5) is 33.5. The summed E-state index contributed by atoms with van der Waals surface area (Å²) in [6.07, 6.45) is 0.0230. The molecule has 194 valence electrons. The van der Waals surface area contributed by atoms with Gasteiger partial charge in [-0.3, -0.25) is 18.9 Å². The van der Waals surface area contributed by atoms with Gasteiger partial charge < -0.3 is 10.1 Å². The number of nitrogens with zero attached hydrogens (tertiary/aromatic N) is 5. The fourth-order valence-corrected chi connectivity index (χ4v) is 5.34. The first-order valence-electron chi connectivity index (χ1n) is 11.9. The standard InChI is InChI=1S/C25H26F2N6O3S/c1-15-11-20(30-33(15)21-12-17(26)3-4-19(21)27)23-16(2)29-25-32(24(23)35)18(14-37-25)13-22(34)28-5-6-31-7-9-36-10-8-31/h3-4,11-12,14H,5-10,13H2,1-2H3,(H,28,34). The molecule has 0 radical (unpaired) electrons. The largest absolute Gasteiger partial charge is 0.379 e. The van der Waals surface area contributed by atoms with Gasteiger partial charge in [-0.15, -0.1) is 11.3 Å². The van der Waals surface area contributed by atoms with Crippen LogP contribution in [0.2, 0.25) is 0 Å². The lowest BCUT2D eigenvalue weighted by Gasteiger charge is -2.26. The van der Waals surface area contributed by atoms with E-state index in [0.29, 0.717) is 41.8 Å². The number of ether oxygens (including phenoxy) is 1. The summed E-state index contributed by atoms with van der Waals surface area (Å²) < 4.78 is 36.2. The minimum Gasteiger partial charge on any atom is -0.379 e. The minimum atomic E-state index is -0.638. The Balaban J connectivity index is 1.41. The number of carbonyl (C=O) groups excluding carboxylic acids is 1. The second-order valence-corrected chi connectivity index (χ2v) is 9.72. The second-order valence-electron chi connectivity index (χ2n) is 8.88. The molecular weight excluding hydrogens is 502 g/mol. The summed E-state index contributed by atoms with van der Waals surface area (Å²) in [7, 11) is 0. The van der Waals surface area contributed by atoms with Crippen LogP contribution in [-0.4, -0.2) is 69.4 Å². The van der Waals surface area contributed by atoms with Gasteiger partial charge in [0.2, 0.25) is 5.91 Å². The normalized spacial score (nSPS) is 14.4. The third-order valence-corrected chi connectivity index (χ3v) is 7.17. The molecule has 9 nitrogen and oxygen atoms in total. The van der Waals surface area contributed by atoms with E-state index in [1.165, 1.54) is 20.4 Å². The van der Waals surface area contributed by atoms with E-state index >= 15 is 0 Å². The Labute approximate surface area is 215 Å². The maximum absolute atomic E-state index is 14.4. The molecule has 0 saturated carbocycles. The van der Waals surface area contributed by atoms with Gasteiger partial charge >= 0.3 is 0 Å². The van der Waals surface area contributed by atoms with Crippen molar-refractivity contribution in [2.24, 2.45) is 0 Å². The lowest BCUT2D eigenvalue weighted by atomic mass is 10.1. The maximum atomic E-state index is 14.4. The van der Waals surface area contributed by atoms with E-state index in [4.69, 9.17) is 4.74 Å². The molecule has 5 rings (SSSR count). The van der Waals surface area contributed by atoms with E-state index in [2.05, 4.69) is 20.3 Å². The number of hydrogen-bond acceptors (Lipinski definition) is 7. The number of nitrogens with one attached hydrogen (secondary N) is 1. The Morgan fingerprint density at radius 1 is 1.19 bits per heavy atom. The number of aromatic nitrogens is 4. The third-order valence-electron chi connectivity index (χ3n) is 6.30. The zero-order valence-corrected chi connectivity index (χ0v) is 21.3. The van der Waals surface area contributed by atoms with Crippen molar-refractivity contribution in [1.29, 1.82) is 0 Å². The van der Waals surface area contributed by atoms with Crippen LogP contribution in [0.15, 0.2) is 34.4 Å². The lowest BCUT2D eigenvalue weighted by Crippen LogP contribution is -2.41. The van der Waals surface area contributed by atoms with Crippen LogP contribution < -0.4 is 10.9 Å². The molecule has 3 aromatic heterocycles. The van der Waals surface area contributed by atoms with Crippen LogP contribution in [0.3, 0.4) is 0 Å². The number of benzene rings is 1. The van der Waals surface area contributed by atoms with Crippen LogP contribution in [0.4, 0.5) is 8.78 Å². The molecule has 1 aliphatic rings. The Kier molecular flexibility index (Phi) is 7.13. The van der Waals surface area contributed by atoms with Crippen molar-refractivity contribution >= 4 is 22.2 Å². The minimum absolute atomic E-state index is 0.0230. The lowest BCUT2D eigenvalue weighted by molar-refractivity contribution is -0.120. The first kappa shape index (κ1) is 25.2. The highest BCUT2D eigenvalue weighted by Gasteiger charge is 2.21. The summed E-state index contributed by atoms with van der Waals surface area (Å²) >= 11 is 1.28. The first-order chi connectivity index (χ1) is 17.8. The Morgan fingerprint density at radius 3 is 2.76 bits per heavy atom. The van der Waals surface area contributed by atoms with Crippen molar-refractivity contribution < 1.29 is 18.3 Å². The summed E-state index contributed by atoms with van der Waals surface area (Å²) in [5.74, 6) is -1.43. The summed E-state index contributed by atoms with van der Waals surface area (Å²) in [6, 6.07) is 4.74. The van der Waals surface area contributed by atoms with Gasteiger partial charge in [0, 0.05) is 49.0 Å². The number of rotatable bonds is 7. The zero-order chi connectivity index (χ0) is 26.1. The molecule has 1 aromatic carbocycles. The van der Waals surface area contributed by atoms with E-state index in [1.54, 1.807) is 25.3 Å². The van der Waals surface area contributed by atoms with Gasteiger partial charge in [-0.05, 0) is 32.0 Å². The number of aryl methyl sites for hydroxylation is 2. The van der Waals surface area contributed by atoms with Gasteiger partial charge in [0.15, 0.2) is 4.96 Å². The second kappa shape index (κ2) is 10.5. The molecule has 4 heterocycles. The highest BCUT2D eigenvalue weighted by atomic mass is 32.1. The number of amides is 1. The van der Waals surface area contributed by atoms with Gasteiger partial charge in [-0.1, -0.05) is 0 Å². The fraction of sp³-hybridized carbons (Fsp3) is 0.360. The zero-order valence-electron chi connectivity index (χ0n) is 20.5. The number of fused-ring (bicyclic) bond motifs is 1. The summed E-state index contributed by atoms with van der Waals surface area (Å²) in [5, 5.41) is 9.07. The predicted octanol–water partition coefficient (Wildman–Crippen LogP) is 2.49. The average molecular weight is 529 g/mol. The molecule has 0 bridgehead atoms. The highest BCUT2D eigenvalue weighted by Crippen LogP contribution is 2.24. The van der Waals surface area contributed by atoms with Crippen LogP contribution in [0, 0.1) is 25.5 Å². The topological polar surface area (TPSA) is 93.8 Å². The molecule has 0 unspecified atom stereocenters. The summed E-state index contributed by atoms with van der Waals surface area (Å²) in [5.41, 5.74) is 1.60. The van der Waals surface area contributed by atoms with Crippen molar-refractivity contribution in [3.8, 4) is 16.9 Å². The van der Waals surface area contributed by atoms with E-state index in [0.717, 1.165) is 37.8 Å². The summed E-state index contributed by atoms with van der Waals surface area (Å²) in [6.45, 7) is 7.71. The van der Waals surface area contributed by atoms with Crippen LogP contribution >= 0.6 is 11.3 Å². The molecule has 12 heteroatoms. The molecule has 1 N–H and O–H groups in total. The van der Waals surface area contributed by atoms with Crippen molar-refractivity contribution in [2.75, 3.05) is 39.4 Å². The number of carbonyl (C=O) groups is 1. The fourth-order valence-electron chi connectivity index (χ4n) is 4.42. The Hall–Kier alpha value is -3.48. The van der Waals surface area contributed by atoms with Crippen LogP contribution in [0.1, 0.15) is 17.1 Å². The van der Waals surface area contributed by atoms with E-state index in [1.807, 2.05) is 0 Å². The molecule has 4 aromatic rings. The van der Waals surface area contributed by atoms with Crippen LogP contribution in [0.5, 0.6) is 0 Å². The van der Waals surface area contributed by atoms with E-state index in [9.17, 15) is 18.4 Å². The van der Waals surface area contributed by atoms with Gasteiger partial charge in [0.25, 0.3) is 5.56 Å². The van der Waals surface area contributed by atoms with E-state index in [-0.39, 0.29) is 34.8 Å². The van der Waals surface area contributed by atoms with Crippen molar-refractivity contribution in [2.45, 2.75) is 20.3 Å². The van der Waals surface area contributed by atoms with Gasteiger partial charge in [-0.25, -0.2) is 18.4 Å². The van der Waals surface area contributed by atoms with Gasteiger partial charge in [-0.2, -0.15) is 5.10 Å². The first-order valence-corrected chi connectivity index (χ1v) is 12.8. The van der Waals surface area contributed by atoms with Crippen molar-refractivity contribution in [3.05, 3.63) is 68.7 Å². The van der Waals surface area contributed by atoms with E-state index < -0.39 is 11.6 Å². The molecule has 1 amide bonds. The Morgan fingerprint density at radius 2 is 1.97 bits per heavy atom. The average Bonchev–Trinajstić information content (AvgIpc) is 3.44. The van der Waals surface area contributed by atoms with Gasteiger partial charge in [0.1, 0.15) is 23.0 Å². The molecule has 0 atom stereocenters. The van der Waals surface area contributed by atoms with Crippen LogP contribution in [0.25, 0.3) is 21.9 Å². The third kappa shape index (κ3) is 5.17. The number of halogens is 2. The highest BCUT2D eigenvalue weighted by molar-refractivity contribution is 7.15. The number of hydrogen-bond donors (Lipinski definition) is 1. The van der Waals surface area contributed by atoms with Crippen molar-refractivity contribution in [1.82, 2.24) is 29.4 Å². The van der Waals surface area contributed by atoms with Gasteiger partial charge in [0.05, 0.1) is 30.9 Å². The molecule has 1 saturated heterocycles. The molecular formula is C25H26F2N6O3S. The Bertz CT molecular complexity index is 1520. The van der Waals surface area contributed by atoms with Crippen LogP contribution in [-0.2, 0) is 16.0 Å².